The minimum atomic E-state index is -0.661. The predicted molar refractivity (Wildman–Crippen MR) is 120 cm³/mol. The molecule has 6 rings (SSSR count). The van der Waals surface area contributed by atoms with Crippen LogP contribution in [0.2, 0.25) is 0 Å². The number of amides is 1. The summed E-state index contributed by atoms with van der Waals surface area (Å²) in [5.41, 5.74) is 1.17. The van der Waals surface area contributed by atoms with Gasteiger partial charge in [0.1, 0.15) is 23.7 Å². The fraction of sp³-hybridized carbons (Fsp3) is 0.500. The lowest BCUT2D eigenvalue weighted by Gasteiger charge is -2.46. The Balaban J connectivity index is 1.48. The van der Waals surface area contributed by atoms with Crippen LogP contribution in [0.1, 0.15) is 55.9 Å². The van der Waals surface area contributed by atoms with Crippen LogP contribution in [0.15, 0.2) is 46.2 Å². The highest BCUT2D eigenvalue weighted by Gasteiger charge is 2.56. The second-order valence-corrected chi connectivity index (χ2v) is 9.70. The topological polar surface area (TPSA) is 81.9 Å². The number of Topliss-reactive ketones (excluding diaryl/α,β-unsaturated/α-hetero) is 1. The zero-order chi connectivity index (χ0) is 22.7. The minimum Gasteiger partial charge on any atom is -0.496 e. The number of ether oxygens (including phenoxy) is 2. The number of aryl methyl sites for hydroxylation is 1. The summed E-state index contributed by atoms with van der Waals surface area (Å²) in [6, 6.07) is 8.55. The third-order valence-corrected chi connectivity index (χ3v) is 7.98. The number of anilines is 1. The van der Waals surface area contributed by atoms with E-state index in [1.54, 1.807) is 20.1 Å². The van der Waals surface area contributed by atoms with Crippen LogP contribution in [0.5, 0.6) is 5.75 Å². The van der Waals surface area contributed by atoms with Gasteiger partial charge in [-0.25, -0.2) is 0 Å². The standard InChI is InChI=1S/C26H28N2O5/c1-14-13-20(27-33-14)28-22(17-9-5-6-10-19(17)31-2)21-23(29)18-12-11-15-7-3-4-8-16(15)24(18)32-25(21)26(28)30/h5-6,9-10,13,15-16,18,22,24H,3-4,7-8,11-12H2,1-2H3. The number of carbonyl (C=O) groups excluding carboxylic acids is 2. The van der Waals surface area contributed by atoms with Gasteiger partial charge in [0, 0.05) is 11.6 Å². The molecule has 1 aromatic heterocycles. The molecule has 7 nitrogen and oxygen atoms in total. The highest BCUT2D eigenvalue weighted by molar-refractivity contribution is 6.17. The second kappa shape index (κ2) is 7.75. The third-order valence-electron chi connectivity index (χ3n) is 7.98. The first kappa shape index (κ1) is 20.5. The largest absolute Gasteiger partial charge is 0.496 e. The number of fused-ring (bicyclic) bond motifs is 3. The van der Waals surface area contributed by atoms with E-state index < -0.39 is 6.04 Å². The van der Waals surface area contributed by atoms with Gasteiger partial charge in [0.05, 0.1) is 18.6 Å². The van der Waals surface area contributed by atoms with Crippen LogP contribution in [0.25, 0.3) is 0 Å². The van der Waals surface area contributed by atoms with Crippen LogP contribution in [-0.4, -0.2) is 30.1 Å². The van der Waals surface area contributed by atoms with Crippen molar-refractivity contribution < 1.29 is 23.6 Å². The Kier molecular flexibility index (Phi) is 4.82. The third kappa shape index (κ3) is 3.05. The number of rotatable bonds is 3. The molecule has 2 saturated carbocycles. The number of para-hydroxylation sites is 1. The molecule has 0 spiro atoms. The molecule has 3 heterocycles. The van der Waals surface area contributed by atoms with Crippen LogP contribution in [0, 0.1) is 24.7 Å². The maximum Gasteiger partial charge on any atom is 0.295 e. The van der Waals surface area contributed by atoms with E-state index in [0.717, 1.165) is 31.2 Å². The molecule has 0 bridgehead atoms. The van der Waals surface area contributed by atoms with Crippen molar-refractivity contribution in [3.05, 3.63) is 53.0 Å². The number of methoxy groups -OCH3 is 1. The molecule has 172 valence electrons. The first-order valence-electron chi connectivity index (χ1n) is 11.9. The van der Waals surface area contributed by atoms with Gasteiger partial charge >= 0.3 is 0 Å². The number of hydrogen-bond donors (Lipinski definition) is 0. The van der Waals surface area contributed by atoms with Crippen molar-refractivity contribution in [2.75, 3.05) is 12.0 Å². The van der Waals surface area contributed by atoms with Crippen molar-refractivity contribution in [2.45, 2.75) is 57.6 Å². The Morgan fingerprint density at radius 3 is 2.70 bits per heavy atom. The van der Waals surface area contributed by atoms with Crippen molar-refractivity contribution in [1.82, 2.24) is 5.16 Å². The van der Waals surface area contributed by atoms with Crippen LogP contribution in [-0.2, 0) is 14.3 Å². The molecule has 0 radical (unpaired) electrons. The van der Waals surface area contributed by atoms with Crippen LogP contribution in [0.3, 0.4) is 0 Å². The summed E-state index contributed by atoms with van der Waals surface area (Å²) in [6.45, 7) is 1.78. The molecule has 5 unspecified atom stereocenters. The van der Waals surface area contributed by atoms with Gasteiger partial charge in [-0.3, -0.25) is 14.5 Å². The van der Waals surface area contributed by atoms with Crippen LogP contribution < -0.4 is 9.64 Å². The Labute approximate surface area is 192 Å². The molecular formula is C26H28N2O5. The van der Waals surface area contributed by atoms with E-state index in [1.807, 2.05) is 24.3 Å². The molecule has 1 aromatic carbocycles. The summed E-state index contributed by atoms with van der Waals surface area (Å²) < 4.78 is 17.4. The molecule has 2 fully saturated rings. The number of aromatic nitrogens is 1. The molecular weight excluding hydrogens is 420 g/mol. The molecule has 0 saturated heterocycles. The molecule has 2 aromatic rings. The van der Waals surface area contributed by atoms with Gasteiger partial charge < -0.3 is 14.0 Å². The van der Waals surface area contributed by atoms with Gasteiger partial charge in [0.25, 0.3) is 5.91 Å². The minimum absolute atomic E-state index is 0.0391. The first-order chi connectivity index (χ1) is 16.1. The number of hydrogen-bond acceptors (Lipinski definition) is 6. The average Bonchev–Trinajstić information content (AvgIpc) is 3.39. The Morgan fingerprint density at radius 1 is 1.09 bits per heavy atom. The lowest BCUT2D eigenvalue weighted by Crippen LogP contribution is -2.48. The number of carbonyl (C=O) groups is 2. The summed E-state index contributed by atoms with van der Waals surface area (Å²) in [7, 11) is 1.59. The van der Waals surface area contributed by atoms with Crippen molar-refractivity contribution in [3.8, 4) is 5.75 Å². The second-order valence-electron chi connectivity index (χ2n) is 9.70. The molecule has 5 atom stereocenters. The SMILES string of the molecule is COc1ccccc1C1C2=C(OC3C(CCC4CCCCC43)C2=O)C(=O)N1c1cc(C)on1. The first-order valence-corrected chi connectivity index (χ1v) is 11.9. The van der Waals surface area contributed by atoms with Crippen molar-refractivity contribution in [1.29, 1.82) is 0 Å². The molecule has 0 N–H and O–H groups in total. The summed E-state index contributed by atoms with van der Waals surface area (Å²) in [5.74, 6) is 2.19. The molecule has 4 aliphatic rings. The van der Waals surface area contributed by atoms with E-state index >= 15 is 0 Å². The monoisotopic (exact) mass is 448 g/mol. The molecule has 7 heteroatoms. The average molecular weight is 449 g/mol. The van der Waals surface area contributed by atoms with E-state index in [9.17, 15) is 9.59 Å². The fourth-order valence-electron chi connectivity index (χ4n) is 6.51. The van der Waals surface area contributed by atoms with E-state index in [4.69, 9.17) is 14.0 Å². The smallest absolute Gasteiger partial charge is 0.295 e. The highest BCUT2D eigenvalue weighted by Crippen LogP contribution is 2.53. The lowest BCUT2D eigenvalue weighted by atomic mass is 9.63. The van der Waals surface area contributed by atoms with E-state index in [1.165, 1.54) is 17.7 Å². The maximum atomic E-state index is 14.0. The number of benzene rings is 1. The van der Waals surface area contributed by atoms with Crippen molar-refractivity contribution >= 4 is 17.5 Å². The van der Waals surface area contributed by atoms with Crippen LogP contribution >= 0.6 is 0 Å². The Hall–Kier alpha value is -3.09. The lowest BCUT2D eigenvalue weighted by molar-refractivity contribution is -0.139. The number of ketones is 1. The van der Waals surface area contributed by atoms with Gasteiger partial charge in [0.15, 0.2) is 17.4 Å². The zero-order valence-electron chi connectivity index (χ0n) is 19.0. The summed E-state index contributed by atoms with van der Waals surface area (Å²) in [5, 5.41) is 4.11. The summed E-state index contributed by atoms with van der Waals surface area (Å²) in [6.07, 6.45) is 6.33. The van der Waals surface area contributed by atoms with Gasteiger partial charge in [-0.2, -0.15) is 0 Å². The van der Waals surface area contributed by atoms with Crippen LogP contribution in [0.4, 0.5) is 5.82 Å². The molecule has 33 heavy (non-hydrogen) atoms. The van der Waals surface area contributed by atoms with E-state index in [2.05, 4.69) is 5.16 Å². The Bertz CT molecular complexity index is 1150. The Morgan fingerprint density at radius 2 is 1.91 bits per heavy atom. The van der Waals surface area contributed by atoms with E-state index in [-0.39, 0.29) is 29.5 Å². The normalized spacial score (nSPS) is 31.1. The van der Waals surface area contributed by atoms with Gasteiger partial charge in [-0.05, 0) is 44.1 Å². The zero-order valence-corrected chi connectivity index (χ0v) is 19.0. The van der Waals surface area contributed by atoms with Crippen molar-refractivity contribution in [3.63, 3.8) is 0 Å². The predicted octanol–water partition coefficient (Wildman–Crippen LogP) is 4.52. The fourth-order valence-corrected chi connectivity index (χ4v) is 6.51. The summed E-state index contributed by atoms with van der Waals surface area (Å²) >= 11 is 0. The van der Waals surface area contributed by atoms with Gasteiger partial charge in [-0.15, -0.1) is 0 Å². The van der Waals surface area contributed by atoms with Gasteiger partial charge in [0.2, 0.25) is 0 Å². The highest BCUT2D eigenvalue weighted by atomic mass is 16.5. The maximum absolute atomic E-state index is 14.0. The number of nitrogens with zero attached hydrogens (tertiary/aromatic N) is 2. The summed E-state index contributed by atoms with van der Waals surface area (Å²) in [4.78, 5) is 29.3. The van der Waals surface area contributed by atoms with Gasteiger partial charge in [-0.1, -0.05) is 42.6 Å². The molecule has 2 aliphatic carbocycles. The molecule has 1 amide bonds. The van der Waals surface area contributed by atoms with E-state index in [0.29, 0.717) is 34.7 Å². The van der Waals surface area contributed by atoms with Crippen molar-refractivity contribution in [2.24, 2.45) is 17.8 Å². The molecule has 2 aliphatic heterocycles. The quantitative estimate of drug-likeness (QED) is 0.687.